The number of aryl methyl sites for hydroxylation is 1. The monoisotopic (exact) mass is 299 g/mol. The van der Waals surface area contributed by atoms with Crippen molar-refractivity contribution in [1.29, 1.82) is 0 Å². The minimum Gasteiger partial charge on any atom is -0.350 e. The van der Waals surface area contributed by atoms with Crippen LogP contribution in [0.4, 0.5) is 5.69 Å². The molecule has 0 aromatic heterocycles. The molecule has 0 bridgehead atoms. The number of hydrogen-bond donors (Lipinski definition) is 2. The second-order valence-corrected chi connectivity index (χ2v) is 4.97. The summed E-state index contributed by atoms with van der Waals surface area (Å²) in [6, 6.07) is 4.34. The number of nitro groups is 1. The minimum absolute atomic E-state index is 0. The highest BCUT2D eigenvalue weighted by Gasteiger charge is 2.28. The lowest BCUT2D eigenvalue weighted by Crippen LogP contribution is -2.38. The Balaban J connectivity index is 0.00000200. The SMILES string of the molecule is Cc1cc(C(=O)NCC(N)C2CC2)ccc1[N+](=O)[O-].Cl. The Bertz CT molecular complexity index is 518. The average molecular weight is 300 g/mol. The van der Waals surface area contributed by atoms with Crippen molar-refractivity contribution in [2.75, 3.05) is 6.54 Å². The van der Waals surface area contributed by atoms with Crippen LogP contribution in [-0.2, 0) is 0 Å². The number of nitrogens with two attached hydrogens (primary N) is 1. The van der Waals surface area contributed by atoms with E-state index >= 15 is 0 Å². The topological polar surface area (TPSA) is 98.3 Å². The van der Waals surface area contributed by atoms with Crippen molar-refractivity contribution in [1.82, 2.24) is 5.32 Å². The van der Waals surface area contributed by atoms with Gasteiger partial charge in [-0.2, -0.15) is 0 Å². The van der Waals surface area contributed by atoms with Crippen LogP contribution < -0.4 is 11.1 Å². The zero-order valence-corrected chi connectivity index (χ0v) is 12.0. The molecule has 1 amide bonds. The van der Waals surface area contributed by atoms with E-state index in [9.17, 15) is 14.9 Å². The van der Waals surface area contributed by atoms with Crippen LogP contribution in [0.25, 0.3) is 0 Å². The van der Waals surface area contributed by atoms with Crippen molar-refractivity contribution in [3.8, 4) is 0 Å². The summed E-state index contributed by atoms with van der Waals surface area (Å²) >= 11 is 0. The van der Waals surface area contributed by atoms with E-state index < -0.39 is 4.92 Å². The predicted molar refractivity (Wildman–Crippen MR) is 78.1 cm³/mol. The van der Waals surface area contributed by atoms with Crippen LogP contribution in [0.3, 0.4) is 0 Å². The predicted octanol–water partition coefficient (Wildman–Crippen LogP) is 1.79. The van der Waals surface area contributed by atoms with E-state index in [0.717, 1.165) is 12.8 Å². The van der Waals surface area contributed by atoms with Crippen LogP contribution in [0, 0.1) is 23.0 Å². The first-order valence-electron chi connectivity index (χ1n) is 6.28. The highest BCUT2D eigenvalue weighted by molar-refractivity contribution is 5.94. The first-order chi connectivity index (χ1) is 8.99. The van der Waals surface area contributed by atoms with Gasteiger partial charge in [0.2, 0.25) is 0 Å². The van der Waals surface area contributed by atoms with E-state index in [4.69, 9.17) is 5.73 Å². The number of halogens is 1. The first-order valence-corrected chi connectivity index (χ1v) is 6.28. The van der Waals surface area contributed by atoms with Crippen LogP contribution >= 0.6 is 12.4 Å². The molecule has 1 aromatic carbocycles. The van der Waals surface area contributed by atoms with E-state index in [2.05, 4.69) is 5.32 Å². The van der Waals surface area contributed by atoms with Crippen molar-refractivity contribution in [3.05, 3.63) is 39.4 Å². The molecule has 6 nitrogen and oxygen atoms in total. The van der Waals surface area contributed by atoms with Gasteiger partial charge in [0, 0.05) is 29.8 Å². The Morgan fingerprint density at radius 1 is 1.55 bits per heavy atom. The van der Waals surface area contributed by atoms with Crippen LogP contribution in [0.15, 0.2) is 18.2 Å². The average Bonchev–Trinajstić information content (AvgIpc) is 3.19. The summed E-state index contributed by atoms with van der Waals surface area (Å²) in [5.41, 5.74) is 6.81. The van der Waals surface area contributed by atoms with Crippen LogP contribution in [0.5, 0.6) is 0 Å². The Hall–Kier alpha value is -1.66. The van der Waals surface area contributed by atoms with Gasteiger partial charge in [0.1, 0.15) is 0 Å². The molecule has 20 heavy (non-hydrogen) atoms. The minimum atomic E-state index is -0.458. The van der Waals surface area contributed by atoms with E-state index in [-0.39, 0.29) is 30.0 Å². The molecular weight excluding hydrogens is 282 g/mol. The first kappa shape index (κ1) is 16.4. The number of amides is 1. The fourth-order valence-electron chi connectivity index (χ4n) is 2.01. The molecular formula is C13H18ClN3O3. The molecule has 1 fully saturated rings. The molecule has 2 rings (SSSR count). The van der Waals surface area contributed by atoms with E-state index in [1.165, 1.54) is 18.2 Å². The molecule has 1 unspecified atom stereocenters. The van der Waals surface area contributed by atoms with E-state index in [0.29, 0.717) is 23.6 Å². The number of hydrogen-bond acceptors (Lipinski definition) is 4. The second-order valence-electron chi connectivity index (χ2n) is 4.97. The molecule has 0 heterocycles. The number of carbonyl (C=O) groups is 1. The third kappa shape index (κ3) is 3.91. The summed E-state index contributed by atoms with van der Waals surface area (Å²) in [7, 11) is 0. The number of benzene rings is 1. The van der Waals surface area contributed by atoms with Crippen LogP contribution in [-0.4, -0.2) is 23.4 Å². The molecule has 1 atom stereocenters. The summed E-state index contributed by atoms with van der Waals surface area (Å²) in [5, 5.41) is 13.5. The normalized spacial score (nSPS) is 15.1. The summed E-state index contributed by atoms with van der Waals surface area (Å²) in [6.45, 7) is 2.06. The lowest BCUT2D eigenvalue weighted by molar-refractivity contribution is -0.385. The number of nitrogens with zero attached hydrogens (tertiary/aromatic N) is 1. The molecule has 1 aliphatic carbocycles. The van der Waals surface area contributed by atoms with Crippen LogP contribution in [0.1, 0.15) is 28.8 Å². The molecule has 1 saturated carbocycles. The Morgan fingerprint density at radius 2 is 2.20 bits per heavy atom. The summed E-state index contributed by atoms with van der Waals surface area (Å²) in [6.07, 6.45) is 2.27. The molecule has 0 saturated heterocycles. The summed E-state index contributed by atoms with van der Waals surface area (Å²) in [4.78, 5) is 22.1. The lowest BCUT2D eigenvalue weighted by Gasteiger charge is -2.11. The smallest absolute Gasteiger partial charge is 0.272 e. The molecule has 0 radical (unpaired) electrons. The van der Waals surface area contributed by atoms with Gasteiger partial charge in [-0.1, -0.05) is 0 Å². The van der Waals surface area contributed by atoms with E-state index in [1.807, 2.05) is 0 Å². The molecule has 0 spiro atoms. The largest absolute Gasteiger partial charge is 0.350 e. The Labute approximate surface area is 123 Å². The standard InChI is InChI=1S/C13H17N3O3.ClH/c1-8-6-10(4-5-12(8)16(18)19)13(17)15-7-11(14)9-2-3-9;/h4-6,9,11H,2-3,7,14H2,1H3,(H,15,17);1H. The third-order valence-corrected chi connectivity index (χ3v) is 3.38. The van der Waals surface area contributed by atoms with Gasteiger partial charge >= 0.3 is 0 Å². The molecule has 1 aromatic rings. The van der Waals surface area contributed by atoms with E-state index in [1.54, 1.807) is 6.92 Å². The Kier molecular flexibility index (Phi) is 5.47. The van der Waals surface area contributed by atoms with Gasteiger partial charge in [-0.15, -0.1) is 12.4 Å². The molecule has 1 aliphatic rings. The van der Waals surface area contributed by atoms with Crippen LogP contribution in [0.2, 0.25) is 0 Å². The number of nitro benzene ring substituents is 1. The van der Waals surface area contributed by atoms with Crippen molar-refractivity contribution >= 4 is 24.0 Å². The van der Waals surface area contributed by atoms with Gasteiger partial charge in [0.05, 0.1) is 4.92 Å². The maximum absolute atomic E-state index is 11.9. The second kappa shape index (κ2) is 6.67. The van der Waals surface area contributed by atoms with Gasteiger partial charge < -0.3 is 11.1 Å². The highest BCUT2D eigenvalue weighted by atomic mass is 35.5. The van der Waals surface area contributed by atoms with Gasteiger partial charge in [-0.25, -0.2) is 0 Å². The maximum atomic E-state index is 11.9. The van der Waals surface area contributed by atoms with Gasteiger partial charge in [-0.05, 0) is 37.8 Å². The lowest BCUT2D eigenvalue weighted by atomic mass is 10.1. The van der Waals surface area contributed by atoms with Crippen molar-refractivity contribution < 1.29 is 9.72 Å². The number of nitrogens with one attached hydrogen (secondary N) is 1. The molecule has 0 aliphatic heterocycles. The van der Waals surface area contributed by atoms with Gasteiger partial charge in [0.15, 0.2) is 0 Å². The third-order valence-electron chi connectivity index (χ3n) is 3.38. The van der Waals surface area contributed by atoms with Gasteiger partial charge in [0.25, 0.3) is 11.6 Å². The molecule has 7 heteroatoms. The van der Waals surface area contributed by atoms with Crippen molar-refractivity contribution in [2.45, 2.75) is 25.8 Å². The molecule has 110 valence electrons. The zero-order chi connectivity index (χ0) is 14.0. The molecule has 3 N–H and O–H groups in total. The fraction of sp³-hybridized carbons (Fsp3) is 0.462. The van der Waals surface area contributed by atoms with Crippen molar-refractivity contribution in [2.24, 2.45) is 11.7 Å². The zero-order valence-electron chi connectivity index (χ0n) is 11.2. The maximum Gasteiger partial charge on any atom is 0.272 e. The fourth-order valence-corrected chi connectivity index (χ4v) is 2.01. The summed E-state index contributed by atoms with van der Waals surface area (Å²) in [5.74, 6) is 0.285. The number of rotatable bonds is 5. The van der Waals surface area contributed by atoms with Gasteiger partial charge in [-0.3, -0.25) is 14.9 Å². The van der Waals surface area contributed by atoms with Crippen molar-refractivity contribution in [3.63, 3.8) is 0 Å². The number of carbonyl (C=O) groups excluding carboxylic acids is 1. The quantitative estimate of drug-likeness (QED) is 0.639. The Morgan fingerprint density at radius 3 is 2.70 bits per heavy atom. The summed E-state index contributed by atoms with van der Waals surface area (Å²) < 4.78 is 0. The highest BCUT2D eigenvalue weighted by Crippen LogP contribution is 2.31.